The summed E-state index contributed by atoms with van der Waals surface area (Å²) in [6.45, 7) is 5.77. The van der Waals surface area contributed by atoms with Gasteiger partial charge >= 0.3 is 11.7 Å². The van der Waals surface area contributed by atoms with Crippen molar-refractivity contribution in [3.8, 4) is 0 Å². The van der Waals surface area contributed by atoms with Gasteiger partial charge in [0.15, 0.2) is 5.11 Å². The van der Waals surface area contributed by atoms with Crippen LogP contribution in [0.25, 0.3) is 0 Å². The smallest absolute Gasteiger partial charge is 0.338 e. The standard InChI is InChI=1S/C28H29ClN6O6S/c1-4-41-27(38)19-9-11-22(12-10-19)34-26(37)23(16-24(36)30-21-8-5-7-20(29)15-21)32(28(34)42)13-6-14-33-18(3)25(35(39)40)17(2)31-33/h5,7-12,15,23H,4,6,13-14,16H2,1-3H3,(H,30,36). The van der Waals surface area contributed by atoms with Crippen molar-refractivity contribution in [2.75, 3.05) is 23.4 Å². The average Bonchev–Trinajstić information content (AvgIpc) is 3.35. The normalized spacial score (nSPS) is 14.8. The molecule has 0 radical (unpaired) electrons. The molecule has 1 aliphatic heterocycles. The number of ether oxygens (including phenoxy) is 1. The van der Waals surface area contributed by atoms with Crippen molar-refractivity contribution in [3.63, 3.8) is 0 Å². The third-order valence-electron chi connectivity index (χ3n) is 6.74. The number of nitrogens with one attached hydrogen (secondary N) is 1. The Hall–Kier alpha value is -4.36. The fourth-order valence-electron chi connectivity index (χ4n) is 4.80. The molecule has 0 saturated carbocycles. The molecule has 2 heterocycles. The van der Waals surface area contributed by atoms with Gasteiger partial charge in [-0.3, -0.25) is 29.3 Å². The molecule has 1 atom stereocenters. The van der Waals surface area contributed by atoms with Crippen LogP contribution in [0.15, 0.2) is 48.5 Å². The van der Waals surface area contributed by atoms with E-state index in [4.69, 9.17) is 28.6 Å². The van der Waals surface area contributed by atoms with Crippen LogP contribution >= 0.6 is 23.8 Å². The second kappa shape index (κ2) is 13.1. The number of anilines is 2. The summed E-state index contributed by atoms with van der Waals surface area (Å²) in [5, 5.41) is 19.1. The van der Waals surface area contributed by atoms with Gasteiger partial charge in [0.1, 0.15) is 17.4 Å². The summed E-state index contributed by atoms with van der Waals surface area (Å²) < 4.78 is 6.59. The molecule has 1 unspecified atom stereocenters. The first-order valence-electron chi connectivity index (χ1n) is 13.2. The summed E-state index contributed by atoms with van der Waals surface area (Å²) in [6.07, 6.45) is 0.253. The molecular formula is C28H29ClN6O6S. The summed E-state index contributed by atoms with van der Waals surface area (Å²) in [6, 6.07) is 12.0. The summed E-state index contributed by atoms with van der Waals surface area (Å²) in [5.74, 6) is -1.29. The predicted molar refractivity (Wildman–Crippen MR) is 161 cm³/mol. The lowest BCUT2D eigenvalue weighted by Gasteiger charge is -2.24. The molecule has 1 fully saturated rings. The van der Waals surface area contributed by atoms with Crippen LogP contribution in [0.1, 0.15) is 41.5 Å². The largest absolute Gasteiger partial charge is 0.462 e. The van der Waals surface area contributed by atoms with Gasteiger partial charge in [0.2, 0.25) is 5.91 Å². The highest BCUT2D eigenvalue weighted by atomic mass is 35.5. The minimum Gasteiger partial charge on any atom is -0.462 e. The number of benzene rings is 2. The number of hydrogen-bond acceptors (Lipinski definition) is 8. The highest BCUT2D eigenvalue weighted by Crippen LogP contribution is 2.29. The second-order valence-corrected chi connectivity index (χ2v) is 10.4. The maximum absolute atomic E-state index is 13.7. The zero-order valence-electron chi connectivity index (χ0n) is 23.2. The first-order chi connectivity index (χ1) is 20.0. The van der Waals surface area contributed by atoms with Gasteiger partial charge in [-0.2, -0.15) is 5.10 Å². The third-order valence-corrected chi connectivity index (χ3v) is 7.39. The molecule has 1 aromatic heterocycles. The summed E-state index contributed by atoms with van der Waals surface area (Å²) in [5.41, 5.74) is 1.97. The van der Waals surface area contributed by atoms with Crippen LogP contribution < -0.4 is 10.2 Å². The Kier molecular flexibility index (Phi) is 9.53. The van der Waals surface area contributed by atoms with Crippen molar-refractivity contribution >= 4 is 63.8 Å². The zero-order valence-corrected chi connectivity index (χ0v) is 24.8. The molecule has 4 rings (SSSR count). The Morgan fingerprint density at radius 1 is 1.17 bits per heavy atom. The van der Waals surface area contributed by atoms with E-state index in [-0.39, 0.29) is 30.4 Å². The second-order valence-electron chi connectivity index (χ2n) is 9.55. The van der Waals surface area contributed by atoms with Gasteiger partial charge in [0.05, 0.1) is 29.2 Å². The molecule has 1 saturated heterocycles. The summed E-state index contributed by atoms with van der Waals surface area (Å²) in [7, 11) is 0. The van der Waals surface area contributed by atoms with Crippen molar-refractivity contribution in [1.29, 1.82) is 0 Å². The molecular weight excluding hydrogens is 584 g/mol. The molecule has 2 amide bonds. The minimum atomic E-state index is -0.906. The van der Waals surface area contributed by atoms with Crippen molar-refractivity contribution in [2.45, 2.75) is 46.2 Å². The molecule has 12 nitrogen and oxygen atoms in total. The maximum Gasteiger partial charge on any atom is 0.338 e. The highest BCUT2D eigenvalue weighted by molar-refractivity contribution is 7.80. The average molecular weight is 613 g/mol. The maximum atomic E-state index is 13.7. The lowest BCUT2D eigenvalue weighted by Crippen LogP contribution is -2.38. The number of thiocarbonyl (C=S) groups is 1. The fourth-order valence-corrected chi connectivity index (χ4v) is 5.40. The van der Waals surface area contributed by atoms with Crippen LogP contribution in [-0.2, 0) is 20.9 Å². The van der Waals surface area contributed by atoms with Crippen LogP contribution in [0.3, 0.4) is 0 Å². The van der Waals surface area contributed by atoms with Gasteiger partial charge in [-0.15, -0.1) is 0 Å². The first-order valence-corrected chi connectivity index (χ1v) is 14.0. The SMILES string of the molecule is CCOC(=O)c1ccc(N2C(=O)C(CC(=O)Nc3cccc(Cl)c3)N(CCCn3nc(C)c([N+](=O)[O-])c3C)C2=S)cc1. The van der Waals surface area contributed by atoms with E-state index in [0.717, 1.165) is 0 Å². The van der Waals surface area contributed by atoms with Gasteiger partial charge in [0, 0.05) is 23.8 Å². The monoisotopic (exact) mass is 612 g/mol. The number of halogens is 1. The first kappa shape index (κ1) is 30.6. The minimum absolute atomic E-state index is 0.0325. The summed E-state index contributed by atoms with van der Waals surface area (Å²) in [4.78, 5) is 52.8. The van der Waals surface area contributed by atoms with Crippen molar-refractivity contribution in [2.24, 2.45) is 0 Å². The summed E-state index contributed by atoms with van der Waals surface area (Å²) >= 11 is 11.8. The number of esters is 1. The van der Waals surface area contributed by atoms with Crippen LogP contribution in [-0.4, -0.2) is 61.7 Å². The van der Waals surface area contributed by atoms with Gasteiger partial charge in [-0.05, 0) is 81.9 Å². The molecule has 2 aromatic carbocycles. The quantitative estimate of drug-likeness (QED) is 0.142. The number of amides is 2. The molecule has 1 aliphatic rings. The van der Waals surface area contributed by atoms with E-state index in [1.165, 1.54) is 4.90 Å². The van der Waals surface area contributed by atoms with Gasteiger partial charge in [0.25, 0.3) is 5.91 Å². The zero-order chi connectivity index (χ0) is 30.6. The lowest BCUT2D eigenvalue weighted by molar-refractivity contribution is -0.386. The van der Waals surface area contributed by atoms with Crippen LogP contribution in [0.5, 0.6) is 0 Å². The third kappa shape index (κ3) is 6.58. The molecule has 0 spiro atoms. The van der Waals surface area contributed by atoms with Crippen LogP contribution in [0.2, 0.25) is 5.02 Å². The van der Waals surface area contributed by atoms with E-state index in [9.17, 15) is 24.5 Å². The lowest BCUT2D eigenvalue weighted by atomic mass is 10.1. The van der Waals surface area contributed by atoms with Crippen molar-refractivity contribution in [3.05, 3.63) is 80.6 Å². The molecule has 14 heteroatoms. The topological polar surface area (TPSA) is 140 Å². The highest BCUT2D eigenvalue weighted by Gasteiger charge is 2.44. The van der Waals surface area contributed by atoms with Gasteiger partial charge in [-0.25, -0.2) is 4.79 Å². The van der Waals surface area contributed by atoms with E-state index >= 15 is 0 Å². The molecule has 0 bridgehead atoms. The molecule has 42 heavy (non-hydrogen) atoms. The number of aryl methyl sites for hydroxylation is 2. The number of rotatable bonds is 11. The van der Waals surface area contributed by atoms with Crippen LogP contribution in [0, 0.1) is 24.0 Å². The molecule has 0 aliphatic carbocycles. The van der Waals surface area contributed by atoms with Crippen molar-refractivity contribution < 1.29 is 24.0 Å². The Morgan fingerprint density at radius 2 is 1.88 bits per heavy atom. The molecule has 3 aromatic rings. The number of nitrogens with zero attached hydrogens (tertiary/aromatic N) is 5. The Morgan fingerprint density at radius 3 is 2.50 bits per heavy atom. The number of nitro groups is 1. The van der Waals surface area contributed by atoms with E-state index in [1.54, 1.807) is 78.9 Å². The predicted octanol–water partition coefficient (Wildman–Crippen LogP) is 4.66. The Balaban J connectivity index is 1.55. The van der Waals surface area contributed by atoms with Crippen LogP contribution in [0.4, 0.5) is 17.1 Å². The van der Waals surface area contributed by atoms with Gasteiger partial charge < -0.3 is 15.0 Å². The number of aromatic nitrogens is 2. The molecule has 220 valence electrons. The number of carbonyl (C=O) groups is 3. The van der Waals surface area contributed by atoms with E-state index in [0.29, 0.717) is 46.3 Å². The number of carbonyl (C=O) groups excluding carboxylic acids is 3. The molecule has 1 N–H and O–H groups in total. The Labute approximate surface area is 252 Å². The fraction of sp³-hybridized carbons (Fsp3) is 0.321. The van der Waals surface area contributed by atoms with E-state index in [1.807, 2.05) is 0 Å². The Bertz CT molecular complexity index is 1540. The van der Waals surface area contributed by atoms with E-state index in [2.05, 4.69) is 10.4 Å². The van der Waals surface area contributed by atoms with Crippen molar-refractivity contribution in [1.82, 2.24) is 14.7 Å². The van der Waals surface area contributed by atoms with Gasteiger partial charge in [-0.1, -0.05) is 17.7 Å². The van der Waals surface area contributed by atoms with E-state index < -0.39 is 28.7 Å². The number of hydrogen-bond donors (Lipinski definition) is 1.